The topological polar surface area (TPSA) is 30.7 Å². The highest BCUT2D eigenvalue weighted by molar-refractivity contribution is 7.13. The van der Waals surface area contributed by atoms with Gasteiger partial charge in [-0.15, -0.1) is 17.8 Å². The molecule has 0 saturated heterocycles. The summed E-state index contributed by atoms with van der Waals surface area (Å²) in [5.41, 5.74) is 0.838. The average molecular weight is 189 g/mol. The maximum atomic E-state index is 5.27. The molecule has 2 rings (SSSR count). The van der Waals surface area contributed by atoms with E-state index in [4.69, 9.17) is 6.42 Å². The second kappa shape index (κ2) is 3.04. The zero-order chi connectivity index (χ0) is 9.26. The quantitative estimate of drug-likeness (QED) is 0.637. The SMILES string of the molecule is C#Cc1nc(-c2nccs2)cn1C. The summed E-state index contributed by atoms with van der Waals surface area (Å²) < 4.78 is 1.82. The van der Waals surface area contributed by atoms with Gasteiger partial charge in [-0.3, -0.25) is 0 Å². The van der Waals surface area contributed by atoms with E-state index in [9.17, 15) is 0 Å². The molecule has 0 fully saturated rings. The Morgan fingerprint density at radius 2 is 2.46 bits per heavy atom. The predicted octanol–water partition coefficient (Wildman–Crippen LogP) is 1.52. The minimum absolute atomic E-state index is 0.630. The lowest BCUT2D eigenvalue weighted by atomic mass is 10.5. The Balaban J connectivity index is 2.50. The fraction of sp³-hybridized carbons (Fsp3) is 0.111. The van der Waals surface area contributed by atoms with E-state index in [0.717, 1.165) is 10.7 Å². The Hall–Kier alpha value is -1.60. The minimum Gasteiger partial charge on any atom is -0.327 e. The number of thiazole rings is 1. The van der Waals surface area contributed by atoms with Crippen molar-refractivity contribution >= 4 is 11.3 Å². The fourth-order valence-electron chi connectivity index (χ4n) is 1.05. The molecule has 13 heavy (non-hydrogen) atoms. The van der Waals surface area contributed by atoms with Crippen LogP contribution in [0, 0.1) is 12.3 Å². The fourth-order valence-corrected chi connectivity index (χ4v) is 1.64. The van der Waals surface area contributed by atoms with Gasteiger partial charge in [-0.1, -0.05) is 0 Å². The number of imidazole rings is 1. The van der Waals surface area contributed by atoms with Crippen LogP contribution < -0.4 is 0 Å². The predicted molar refractivity (Wildman–Crippen MR) is 52.3 cm³/mol. The third-order valence-corrected chi connectivity index (χ3v) is 2.45. The summed E-state index contributed by atoms with van der Waals surface area (Å²) in [5, 5.41) is 2.82. The lowest BCUT2D eigenvalue weighted by Gasteiger charge is -1.86. The van der Waals surface area contributed by atoms with E-state index < -0.39 is 0 Å². The van der Waals surface area contributed by atoms with Crippen molar-refractivity contribution < 1.29 is 0 Å². The zero-order valence-corrected chi connectivity index (χ0v) is 7.88. The van der Waals surface area contributed by atoms with Crippen LogP contribution in [0.25, 0.3) is 10.7 Å². The number of terminal acetylenes is 1. The van der Waals surface area contributed by atoms with Gasteiger partial charge < -0.3 is 4.57 Å². The highest BCUT2D eigenvalue weighted by Crippen LogP contribution is 2.19. The van der Waals surface area contributed by atoms with E-state index in [-0.39, 0.29) is 0 Å². The first-order valence-corrected chi connectivity index (χ1v) is 4.59. The monoisotopic (exact) mass is 189 g/mol. The number of aromatic nitrogens is 3. The molecular formula is C9H7N3S. The average Bonchev–Trinajstić information content (AvgIpc) is 2.71. The van der Waals surface area contributed by atoms with Gasteiger partial charge in [-0.2, -0.15) is 0 Å². The summed E-state index contributed by atoms with van der Waals surface area (Å²) in [7, 11) is 1.87. The van der Waals surface area contributed by atoms with Crippen molar-refractivity contribution in [1.29, 1.82) is 0 Å². The summed E-state index contributed by atoms with van der Waals surface area (Å²) in [4.78, 5) is 8.39. The number of hydrogen-bond acceptors (Lipinski definition) is 3. The van der Waals surface area contributed by atoms with Gasteiger partial charge in [0.15, 0.2) is 5.82 Å². The lowest BCUT2D eigenvalue weighted by Crippen LogP contribution is -1.88. The number of hydrogen-bond donors (Lipinski definition) is 0. The summed E-state index contributed by atoms with van der Waals surface area (Å²) in [5.74, 6) is 3.14. The Morgan fingerprint density at radius 3 is 3.00 bits per heavy atom. The normalized spacial score (nSPS) is 9.85. The molecule has 0 aliphatic heterocycles. The van der Waals surface area contributed by atoms with E-state index >= 15 is 0 Å². The van der Waals surface area contributed by atoms with E-state index in [1.54, 1.807) is 17.5 Å². The lowest BCUT2D eigenvalue weighted by molar-refractivity contribution is 0.894. The van der Waals surface area contributed by atoms with Crippen LogP contribution in [0.4, 0.5) is 0 Å². The van der Waals surface area contributed by atoms with Crippen LogP contribution in [0.15, 0.2) is 17.8 Å². The minimum atomic E-state index is 0.630. The molecule has 0 saturated carbocycles. The molecule has 0 aromatic carbocycles. The van der Waals surface area contributed by atoms with Gasteiger partial charge in [0.2, 0.25) is 0 Å². The molecule has 0 N–H and O–H groups in total. The molecule has 2 heterocycles. The van der Waals surface area contributed by atoms with Crippen molar-refractivity contribution in [3.8, 4) is 23.0 Å². The van der Waals surface area contributed by atoms with E-state index in [1.807, 2.05) is 23.2 Å². The van der Waals surface area contributed by atoms with E-state index in [0.29, 0.717) is 5.82 Å². The summed E-state index contributed by atoms with van der Waals surface area (Å²) >= 11 is 1.55. The Bertz CT molecular complexity index is 448. The molecule has 0 radical (unpaired) electrons. The molecule has 3 nitrogen and oxygen atoms in total. The standard InChI is InChI=1S/C9H7N3S/c1-3-8-11-7(6-12(8)2)9-10-4-5-13-9/h1,4-6H,2H3. The third-order valence-electron chi connectivity index (χ3n) is 1.66. The van der Waals surface area contributed by atoms with Crippen LogP contribution in [0.5, 0.6) is 0 Å². The van der Waals surface area contributed by atoms with Crippen LogP contribution in [0.2, 0.25) is 0 Å². The molecule has 2 aromatic heterocycles. The third kappa shape index (κ3) is 1.34. The van der Waals surface area contributed by atoms with Crippen molar-refractivity contribution in [3.63, 3.8) is 0 Å². The molecular weight excluding hydrogens is 182 g/mol. The maximum Gasteiger partial charge on any atom is 0.185 e. The molecule has 0 bridgehead atoms. The van der Waals surface area contributed by atoms with Crippen LogP contribution in [0.3, 0.4) is 0 Å². The molecule has 4 heteroatoms. The Morgan fingerprint density at radius 1 is 1.62 bits per heavy atom. The summed E-state index contributed by atoms with van der Waals surface area (Å²) in [6.45, 7) is 0. The highest BCUT2D eigenvalue weighted by Gasteiger charge is 2.06. The first kappa shape index (κ1) is 8.02. The second-order valence-corrected chi connectivity index (χ2v) is 3.44. The molecule has 0 aliphatic carbocycles. The maximum absolute atomic E-state index is 5.27. The molecule has 2 aromatic rings. The van der Waals surface area contributed by atoms with Crippen LogP contribution in [-0.4, -0.2) is 14.5 Å². The smallest absolute Gasteiger partial charge is 0.185 e. The summed E-state index contributed by atoms with van der Waals surface area (Å²) in [6, 6.07) is 0. The molecule has 0 spiro atoms. The van der Waals surface area contributed by atoms with Gasteiger partial charge in [-0.05, 0) is 5.92 Å². The van der Waals surface area contributed by atoms with Gasteiger partial charge in [0, 0.05) is 24.8 Å². The van der Waals surface area contributed by atoms with Gasteiger partial charge in [0.1, 0.15) is 10.7 Å². The molecule has 0 atom stereocenters. The van der Waals surface area contributed by atoms with Gasteiger partial charge >= 0.3 is 0 Å². The van der Waals surface area contributed by atoms with Crippen molar-refractivity contribution in [1.82, 2.24) is 14.5 Å². The van der Waals surface area contributed by atoms with Crippen LogP contribution in [-0.2, 0) is 7.05 Å². The summed E-state index contributed by atoms with van der Waals surface area (Å²) in [6.07, 6.45) is 8.90. The first-order chi connectivity index (χ1) is 6.31. The number of nitrogens with zero attached hydrogens (tertiary/aromatic N) is 3. The number of aryl methyl sites for hydroxylation is 1. The van der Waals surface area contributed by atoms with E-state index in [1.165, 1.54) is 0 Å². The van der Waals surface area contributed by atoms with Gasteiger partial charge in [0.25, 0.3) is 0 Å². The number of rotatable bonds is 1. The largest absolute Gasteiger partial charge is 0.327 e. The van der Waals surface area contributed by atoms with Crippen molar-refractivity contribution in [2.24, 2.45) is 7.05 Å². The molecule has 0 amide bonds. The molecule has 64 valence electrons. The molecule has 0 unspecified atom stereocenters. The van der Waals surface area contributed by atoms with Gasteiger partial charge in [-0.25, -0.2) is 9.97 Å². The Kier molecular flexibility index (Phi) is 1.87. The van der Waals surface area contributed by atoms with Crippen LogP contribution in [0.1, 0.15) is 5.82 Å². The van der Waals surface area contributed by atoms with Crippen molar-refractivity contribution in [3.05, 3.63) is 23.6 Å². The van der Waals surface area contributed by atoms with Crippen LogP contribution >= 0.6 is 11.3 Å². The Labute approximate surface area is 80.1 Å². The van der Waals surface area contributed by atoms with Crippen molar-refractivity contribution in [2.75, 3.05) is 0 Å². The van der Waals surface area contributed by atoms with Crippen molar-refractivity contribution in [2.45, 2.75) is 0 Å². The van der Waals surface area contributed by atoms with Gasteiger partial charge in [0.05, 0.1) is 0 Å². The highest BCUT2D eigenvalue weighted by atomic mass is 32.1. The second-order valence-electron chi connectivity index (χ2n) is 2.54. The molecule has 0 aliphatic rings. The first-order valence-electron chi connectivity index (χ1n) is 3.71. The van der Waals surface area contributed by atoms with E-state index in [2.05, 4.69) is 15.9 Å². The zero-order valence-electron chi connectivity index (χ0n) is 7.06.